The molecular formula is C11H11Cl3N2. The minimum absolute atomic E-state index is 0.443. The molecule has 2 rings (SSSR count). The van der Waals surface area contributed by atoms with Gasteiger partial charge in [0.05, 0.1) is 20.8 Å². The average molecular weight is 278 g/mol. The number of benzene rings is 1. The van der Waals surface area contributed by atoms with Crippen LogP contribution in [0.2, 0.25) is 15.1 Å². The normalized spacial score (nSPS) is 16.7. The maximum Gasteiger partial charge on any atom is 0.100 e. The summed E-state index contributed by atoms with van der Waals surface area (Å²) in [4.78, 5) is 1.90. The van der Waals surface area contributed by atoms with Crippen molar-refractivity contribution in [2.24, 2.45) is 0 Å². The first-order valence-electron chi connectivity index (χ1n) is 5.09. The summed E-state index contributed by atoms with van der Waals surface area (Å²) in [6.07, 6.45) is 2.92. The average Bonchev–Trinajstić information content (AvgIpc) is 2.25. The number of halogens is 3. The molecule has 1 aliphatic rings. The molecule has 0 amide bonds. The molecule has 5 heteroatoms. The molecule has 0 bridgehead atoms. The van der Waals surface area contributed by atoms with E-state index in [1.807, 2.05) is 4.90 Å². The fourth-order valence-corrected chi connectivity index (χ4v) is 2.46. The van der Waals surface area contributed by atoms with Crippen molar-refractivity contribution in [1.29, 1.82) is 5.41 Å². The summed E-state index contributed by atoms with van der Waals surface area (Å²) in [6, 6.07) is 3.36. The second-order valence-electron chi connectivity index (χ2n) is 3.77. The first-order chi connectivity index (χ1) is 7.59. The van der Waals surface area contributed by atoms with Crippen LogP contribution in [0.15, 0.2) is 12.1 Å². The molecule has 16 heavy (non-hydrogen) atoms. The van der Waals surface area contributed by atoms with Gasteiger partial charge in [0.25, 0.3) is 0 Å². The van der Waals surface area contributed by atoms with E-state index in [2.05, 4.69) is 0 Å². The Hall–Kier alpha value is -0.440. The van der Waals surface area contributed by atoms with Gasteiger partial charge in [0.2, 0.25) is 0 Å². The smallest absolute Gasteiger partial charge is 0.100 e. The zero-order valence-corrected chi connectivity index (χ0v) is 10.8. The number of anilines is 1. The molecule has 1 aromatic rings. The predicted octanol–water partition coefficient (Wildman–Crippen LogP) is 4.61. The van der Waals surface area contributed by atoms with Crippen molar-refractivity contribution in [3.8, 4) is 0 Å². The summed E-state index contributed by atoms with van der Waals surface area (Å²) < 4.78 is 0. The summed E-state index contributed by atoms with van der Waals surface area (Å²) >= 11 is 18.0. The summed E-state index contributed by atoms with van der Waals surface area (Å²) in [5, 5.41) is 9.35. The molecule has 0 saturated carbocycles. The lowest BCUT2D eigenvalue weighted by Gasteiger charge is -2.30. The minimum atomic E-state index is 0.443. The van der Waals surface area contributed by atoms with Crippen molar-refractivity contribution >= 4 is 46.3 Å². The van der Waals surface area contributed by atoms with Gasteiger partial charge < -0.3 is 4.90 Å². The Morgan fingerprint density at radius 3 is 2.38 bits per heavy atom. The van der Waals surface area contributed by atoms with Crippen molar-refractivity contribution in [3.63, 3.8) is 0 Å². The number of rotatable bonds is 1. The second-order valence-corrected chi connectivity index (χ2v) is 4.99. The van der Waals surface area contributed by atoms with E-state index in [4.69, 9.17) is 40.2 Å². The SMILES string of the molecule is N=C1CCCCN1c1cc(Cl)c(Cl)cc1Cl. The molecule has 0 radical (unpaired) electrons. The zero-order chi connectivity index (χ0) is 11.7. The molecule has 0 aromatic heterocycles. The molecule has 0 unspecified atom stereocenters. The van der Waals surface area contributed by atoms with E-state index >= 15 is 0 Å². The molecule has 0 atom stereocenters. The molecule has 0 spiro atoms. The summed E-state index contributed by atoms with van der Waals surface area (Å²) in [7, 11) is 0. The highest BCUT2D eigenvalue weighted by molar-refractivity contribution is 6.44. The highest BCUT2D eigenvalue weighted by Crippen LogP contribution is 2.35. The molecule has 86 valence electrons. The highest BCUT2D eigenvalue weighted by atomic mass is 35.5. The van der Waals surface area contributed by atoms with E-state index in [1.165, 1.54) is 0 Å². The Morgan fingerprint density at radius 2 is 1.69 bits per heavy atom. The molecular weight excluding hydrogens is 266 g/mol. The number of piperidine rings is 1. The predicted molar refractivity (Wildman–Crippen MR) is 70.4 cm³/mol. The lowest BCUT2D eigenvalue weighted by molar-refractivity contribution is 0.707. The van der Waals surface area contributed by atoms with Gasteiger partial charge in [-0.15, -0.1) is 0 Å². The summed E-state index contributed by atoms with van der Waals surface area (Å²) in [6.45, 7) is 0.816. The van der Waals surface area contributed by atoms with E-state index in [0.717, 1.165) is 31.5 Å². The number of nitrogens with zero attached hydrogens (tertiary/aromatic N) is 1. The van der Waals surface area contributed by atoms with Crippen molar-refractivity contribution < 1.29 is 0 Å². The van der Waals surface area contributed by atoms with Crippen LogP contribution < -0.4 is 4.90 Å². The van der Waals surface area contributed by atoms with Gasteiger partial charge in [-0.05, 0) is 25.0 Å². The number of hydrogen-bond acceptors (Lipinski definition) is 1. The standard InChI is InChI=1S/C11H11Cl3N2/c12-7-5-9(14)10(6-8(7)13)16-4-2-1-3-11(16)15/h5-6,15H,1-4H2. The second kappa shape index (κ2) is 4.82. The van der Waals surface area contributed by atoms with Gasteiger partial charge >= 0.3 is 0 Å². The Labute approximate surface area is 110 Å². The molecule has 1 saturated heterocycles. The fourth-order valence-electron chi connectivity index (χ4n) is 1.82. The van der Waals surface area contributed by atoms with E-state index in [0.29, 0.717) is 20.9 Å². The molecule has 1 N–H and O–H groups in total. The van der Waals surface area contributed by atoms with Gasteiger partial charge in [-0.2, -0.15) is 0 Å². The Balaban J connectivity index is 2.39. The van der Waals surface area contributed by atoms with Crippen LogP contribution in [0.25, 0.3) is 0 Å². The Kier molecular flexibility index (Phi) is 3.63. The van der Waals surface area contributed by atoms with Crippen LogP contribution in [0.4, 0.5) is 5.69 Å². The van der Waals surface area contributed by atoms with Gasteiger partial charge in [-0.25, -0.2) is 0 Å². The zero-order valence-electron chi connectivity index (χ0n) is 8.56. The van der Waals surface area contributed by atoms with Crippen LogP contribution in [-0.4, -0.2) is 12.4 Å². The van der Waals surface area contributed by atoms with Crippen LogP contribution in [0, 0.1) is 5.41 Å². The third kappa shape index (κ3) is 2.29. The van der Waals surface area contributed by atoms with Crippen LogP contribution >= 0.6 is 34.8 Å². The maximum absolute atomic E-state index is 7.90. The third-order valence-corrected chi connectivity index (χ3v) is 3.68. The summed E-state index contributed by atoms with van der Waals surface area (Å²) in [5.74, 6) is 0.589. The monoisotopic (exact) mass is 276 g/mol. The fraction of sp³-hybridized carbons (Fsp3) is 0.364. The van der Waals surface area contributed by atoms with E-state index in [-0.39, 0.29) is 0 Å². The number of amidine groups is 1. The maximum atomic E-state index is 7.90. The molecule has 1 aromatic carbocycles. The van der Waals surface area contributed by atoms with Gasteiger partial charge in [0.15, 0.2) is 0 Å². The van der Waals surface area contributed by atoms with E-state index < -0.39 is 0 Å². The molecule has 1 aliphatic heterocycles. The lowest BCUT2D eigenvalue weighted by Crippen LogP contribution is -2.34. The largest absolute Gasteiger partial charge is 0.329 e. The van der Waals surface area contributed by atoms with Crippen molar-refractivity contribution in [2.75, 3.05) is 11.4 Å². The first-order valence-corrected chi connectivity index (χ1v) is 6.22. The highest BCUT2D eigenvalue weighted by Gasteiger charge is 2.19. The first kappa shape index (κ1) is 12.0. The topological polar surface area (TPSA) is 27.1 Å². The Morgan fingerprint density at radius 1 is 1.00 bits per heavy atom. The number of nitrogens with one attached hydrogen (secondary N) is 1. The molecule has 0 aliphatic carbocycles. The quantitative estimate of drug-likeness (QED) is 0.745. The molecule has 1 fully saturated rings. The van der Waals surface area contributed by atoms with E-state index in [1.54, 1.807) is 12.1 Å². The van der Waals surface area contributed by atoms with Gasteiger partial charge in [-0.3, -0.25) is 5.41 Å². The molecule has 2 nitrogen and oxygen atoms in total. The Bertz CT molecular complexity index is 431. The van der Waals surface area contributed by atoms with Crippen LogP contribution in [0.1, 0.15) is 19.3 Å². The van der Waals surface area contributed by atoms with Gasteiger partial charge in [0, 0.05) is 13.0 Å². The number of hydrogen-bond donors (Lipinski definition) is 1. The van der Waals surface area contributed by atoms with Crippen molar-refractivity contribution in [2.45, 2.75) is 19.3 Å². The third-order valence-electron chi connectivity index (χ3n) is 2.65. The van der Waals surface area contributed by atoms with Crippen molar-refractivity contribution in [3.05, 3.63) is 27.2 Å². The van der Waals surface area contributed by atoms with Crippen LogP contribution in [0.5, 0.6) is 0 Å². The van der Waals surface area contributed by atoms with Gasteiger partial charge in [0.1, 0.15) is 5.84 Å². The molecule has 1 heterocycles. The summed E-state index contributed by atoms with van der Waals surface area (Å²) in [5.41, 5.74) is 0.778. The van der Waals surface area contributed by atoms with E-state index in [9.17, 15) is 0 Å². The van der Waals surface area contributed by atoms with Gasteiger partial charge in [-0.1, -0.05) is 34.8 Å². The van der Waals surface area contributed by atoms with Crippen LogP contribution in [0.3, 0.4) is 0 Å². The van der Waals surface area contributed by atoms with Crippen molar-refractivity contribution in [1.82, 2.24) is 0 Å². The lowest BCUT2D eigenvalue weighted by atomic mass is 10.1. The van der Waals surface area contributed by atoms with Crippen LogP contribution in [-0.2, 0) is 0 Å². The minimum Gasteiger partial charge on any atom is -0.329 e.